The molecule has 1 fully saturated rings. The predicted octanol–water partition coefficient (Wildman–Crippen LogP) is 2.65. The molecule has 1 aromatic carbocycles. The summed E-state index contributed by atoms with van der Waals surface area (Å²) in [5.41, 5.74) is 6.97. The monoisotopic (exact) mass is 248 g/mol. The molecule has 0 amide bonds. The lowest BCUT2D eigenvalue weighted by Gasteiger charge is -2.34. The van der Waals surface area contributed by atoms with Gasteiger partial charge < -0.3 is 15.4 Å². The summed E-state index contributed by atoms with van der Waals surface area (Å²) in [7, 11) is 0. The van der Waals surface area contributed by atoms with Gasteiger partial charge in [-0.15, -0.1) is 0 Å². The van der Waals surface area contributed by atoms with Gasteiger partial charge in [-0.05, 0) is 62.9 Å². The van der Waals surface area contributed by atoms with Crippen LogP contribution in [-0.4, -0.2) is 26.2 Å². The number of piperidine rings is 1. The highest BCUT2D eigenvalue weighted by molar-refractivity contribution is 5.49. The molecule has 0 aliphatic carbocycles. The fourth-order valence-corrected chi connectivity index (χ4v) is 2.69. The van der Waals surface area contributed by atoms with Gasteiger partial charge in [0.15, 0.2) is 0 Å². The number of anilines is 1. The van der Waals surface area contributed by atoms with E-state index in [1.807, 2.05) is 6.92 Å². The molecule has 1 atom stereocenters. The third kappa shape index (κ3) is 3.39. The van der Waals surface area contributed by atoms with Gasteiger partial charge in [0.1, 0.15) is 5.75 Å². The van der Waals surface area contributed by atoms with Crippen molar-refractivity contribution < 1.29 is 4.74 Å². The molecule has 2 N–H and O–H groups in total. The number of nitrogens with zero attached hydrogens (tertiary/aromatic N) is 1. The summed E-state index contributed by atoms with van der Waals surface area (Å²) in [6.45, 7) is 5.85. The largest absolute Gasteiger partial charge is 0.494 e. The summed E-state index contributed by atoms with van der Waals surface area (Å²) in [6, 6.07) is 8.45. The first-order chi connectivity index (χ1) is 8.83. The topological polar surface area (TPSA) is 38.5 Å². The van der Waals surface area contributed by atoms with E-state index in [0.29, 0.717) is 0 Å². The van der Waals surface area contributed by atoms with Gasteiger partial charge in [-0.3, -0.25) is 0 Å². The second-order valence-corrected chi connectivity index (χ2v) is 4.96. The minimum atomic E-state index is 0.724. The number of rotatable bonds is 5. The zero-order valence-electron chi connectivity index (χ0n) is 11.3. The van der Waals surface area contributed by atoms with Crippen LogP contribution in [0.3, 0.4) is 0 Å². The van der Waals surface area contributed by atoms with E-state index >= 15 is 0 Å². The second kappa shape index (κ2) is 6.64. The van der Waals surface area contributed by atoms with E-state index in [1.165, 1.54) is 18.5 Å². The van der Waals surface area contributed by atoms with Crippen LogP contribution in [0.2, 0.25) is 0 Å². The lowest BCUT2D eigenvalue weighted by molar-refractivity contribution is 0.340. The van der Waals surface area contributed by atoms with Gasteiger partial charge in [0, 0.05) is 18.8 Å². The summed E-state index contributed by atoms with van der Waals surface area (Å²) in [5, 5.41) is 0. The van der Waals surface area contributed by atoms with Gasteiger partial charge in [0.2, 0.25) is 0 Å². The smallest absolute Gasteiger partial charge is 0.119 e. The quantitative estimate of drug-likeness (QED) is 0.870. The van der Waals surface area contributed by atoms with Crippen LogP contribution in [0.5, 0.6) is 5.75 Å². The van der Waals surface area contributed by atoms with Gasteiger partial charge in [0.25, 0.3) is 0 Å². The Labute approximate surface area is 110 Å². The first-order valence-corrected chi connectivity index (χ1v) is 7.01. The fraction of sp³-hybridized carbons (Fsp3) is 0.600. The Bertz CT molecular complexity index is 348. The van der Waals surface area contributed by atoms with E-state index in [0.717, 1.165) is 44.3 Å². The van der Waals surface area contributed by atoms with Crippen molar-refractivity contribution in [1.29, 1.82) is 0 Å². The van der Waals surface area contributed by atoms with Gasteiger partial charge >= 0.3 is 0 Å². The number of hydrogen-bond acceptors (Lipinski definition) is 3. The second-order valence-electron chi connectivity index (χ2n) is 4.96. The Kier molecular flexibility index (Phi) is 4.88. The van der Waals surface area contributed by atoms with Crippen LogP contribution in [0.4, 0.5) is 5.69 Å². The lowest BCUT2D eigenvalue weighted by Crippen LogP contribution is -2.36. The van der Waals surface area contributed by atoms with Crippen LogP contribution in [0.15, 0.2) is 24.3 Å². The molecule has 1 heterocycles. The maximum Gasteiger partial charge on any atom is 0.119 e. The van der Waals surface area contributed by atoms with Crippen LogP contribution in [-0.2, 0) is 0 Å². The number of ether oxygens (including phenoxy) is 1. The minimum absolute atomic E-state index is 0.724. The Balaban J connectivity index is 1.97. The normalized spacial score (nSPS) is 19.9. The molecule has 3 nitrogen and oxygen atoms in total. The molecule has 0 spiro atoms. The molecular weight excluding hydrogens is 224 g/mol. The van der Waals surface area contributed by atoms with E-state index in [1.54, 1.807) is 0 Å². The molecule has 0 bridgehead atoms. The van der Waals surface area contributed by atoms with Crippen molar-refractivity contribution in [3.8, 4) is 5.75 Å². The molecule has 100 valence electrons. The van der Waals surface area contributed by atoms with Gasteiger partial charge in [-0.25, -0.2) is 0 Å². The van der Waals surface area contributed by atoms with Crippen LogP contribution in [0.25, 0.3) is 0 Å². The highest BCUT2D eigenvalue weighted by Crippen LogP contribution is 2.26. The Hall–Kier alpha value is -1.22. The summed E-state index contributed by atoms with van der Waals surface area (Å²) in [4.78, 5) is 2.47. The standard InChI is InChI=1S/C15H24N2O/c1-2-18-15-7-5-14(6-8-15)17-11-3-4-13(12-17)9-10-16/h5-8,13H,2-4,9-12,16H2,1H3. The summed E-state index contributed by atoms with van der Waals surface area (Å²) in [5.74, 6) is 1.71. The van der Waals surface area contributed by atoms with Crippen molar-refractivity contribution in [1.82, 2.24) is 0 Å². The maximum atomic E-state index is 5.66. The molecule has 1 aromatic rings. The Morgan fingerprint density at radius 3 is 2.78 bits per heavy atom. The third-order valence-electron chi connectivity index (χ3n) is 3.61. The molecular formula is C15H24N2O. The van der Waals surface area contributed by atoms with Crippen molar-refractivity contribution in [2.45, 2.75) is 26.2 Å². The SMILES string of the molecule is CCOc1ccc(N2CCCC(CCN)C2)cc1. The van der Waals surface area contributed by atoms with E-state index in [4.69, 9.17) is 10.5 Å². The van der Waals surface area contributed by atoms with E-state index in [9.17, 15) is 0 Å². The summed E-state index contributed by atoms with van der Waals surface area (Å²) in [6.07, 6.45) is 3.75. The average Bonchev–Trinajstić information content (AvgIpc) is 2.41. The van der Waals surface area contributed by atoms with E-state index < -0.39 is 0 Å². The zero-order chi connectivity index (χ0) is 12.8. The van der Waals surface area contributed by atoms with Crippen molar-refractivity contribution in [2.75, 3.05) is 31.1 Å². The zero-order valence-corrected chi connectivity index (χ0v) is 11.3. The van der Waals surface area contributed by atoms with E-state index in [-0.39, 0.29) is 0 Å². The molecule has 0 aromatic heterocycles. The summed E-state index contributed by atoms with van der Waals surface area (Å²) < 4.78 is 5.47. The van der Waals surface area contributed by atoms with Crippen molar-refractivity contribution in [3.05, 3.63) is 24.3 Å². The van der Waals surface area contributed by atoms with Crippen molar-refractivity contribution in [2.24, 2.45) is 11.7 Å². The van der Waals surface area contributed by atoms with Crippen molar-refractivity contribution in [3.63, 3.8) is 0 Å². The summed E-state index contributed by atoms with van der Waals surface area (Å²) >= 11 is 0. The molecule has 1 unspecified atom stereocenters. The van der Waals surface area contributed by atoms with Gasteiger partial charge in [0.05, 0.1) is 6.61 Å². The number of hydrogen-bond donors (Lipinski definition) is 1. The average molecular weight is 248 g/mol. The Morgan fingerprint density at radius 1 is 1.33 bits per heavy atom. The molecule has 18 heavy (non-hydrogen) atoms. The van der Waals surface area contributed by atoms with Gasteiger partial charge in [-0.1, -0.05) is 0 Å². The third-order valence-corrected chi connectivity index (χ3v) is 3.61. The maximum absolute atomic E-state index is 5.66. The van der Waals surface area contributed by atoms with Crippen LogP contribution >= 0.6 is 0 Å². The fourth-order valence-electron chi connectivity index (χ4n) is 2.69. The Morgan fingerprint density at radius 2 is 2.11 bits per heavy atom. The number of nitrogens with two attached hydrogens (primary N) is 1. The molecule has 2 rings (SSSR count). The van der Waals surface area contributed by atoms with Gasteiger partial charge in [-0.2, -0.15) is 0 Å². The van der Waals surface area contributed by atoms with Crippen LogP contribution in [0.1, 0.15) is 26.2 Å². The molecule has 3 heteroatoms. The minimum Gasteiger partial charge on any atom is -0.494 e. The first kappa shape index (κ1) is 13.2. The van der Waals surface area contributed by atoms with E-state index in [2.05, 4.69) is 29.2 Å². The highest BCUT2D eigenvalue weighted by Gasteiger charge is 2.19. The first-order valence-electron chi connectivity index (χ1n) is 7.01. The van der Waals surface area contributed by atoms with Crippen LogP contribution in [0, 0.1) is 5.92 Å². The molecule has 1 saturated heterocycles. The number of benzene rings is 1. The van der Waals surface area contributed by atoms with Crippen molar-refractivity contribution >= 4 is 5.69 Å². The molecule has 1 aliphatic rings. The molecule has 1 aliphatic heterocycles. The van der Waals surface area contributed by atoms with Crippen LogP contribution < -0.4 is 15.4 Å². The molecule has 0 radical (unpaired) electrons. The predicted molar refractivity (Wildman–Crippen MR) is 76.2 cm³/mol. The lowest BCUT2D eigenvalue weighted by atomic mass is 9.94. The highest BCUT2D eigenvalue weighted by atomic mass is 16.5. The molecule has 0 saturated carbocycles.